The summed E-state index contributed by atoms with van der Waals surface area (Å²) in [4.78, 5) is 18.4. The van der Waals surface area contributed by atoms with Gasteiger partial charge in [0.25, 0.3) is 0 Å². The highest BCUT2D eigenvalue weighted by atomic mass is 16.6. The fourth-order valence-corrected chi connectivity index (χ4v) is 2.94. The predicted octanol–water partition coefficient (Wildman–Crippen LogP) is 1.91. The number of nitro groups is 1. The lowest BCUT2D eigenvalue weighted by molar-refractivity contribution is -0.384. The maximum Gasteiger partial charge on any atom is 0.329 e. The van der Waals surface area contributed by atoms with Crippen molar-refractivity contribution in [3.05, 3.63) is 16.3 Å². The van der Waals surface area contributed by atoms with Crippen molar-refractivity contribution >= 4 is 17.5 Å². The summed E-state index contributed by atoms with van der Waals surface area (Å²) in [5, 5.41) is 14.2. The van der Waals surface area contributed by atoms with Crippen molar-refractivity contribution in [3.63, 3.8) is 0 Å². The summed E-state index contributed by atoms with van der Waals surface area (Å²) in [7, 11) is 0. The Morgan fingerprint density at radius 3 is 2.55 bits per heavy atom. The quantitative estimate of drug-likeness (QED) is 0.437. The van der Waals surface area contributed by atoms with E-state index in [0.717, 1.165) is 12.8 Å². The van der Waals surface area contributed by atoms with E-state index in [1.54, 1.807) is 0 Å². The molecule has 1 aromatic rings. The molecule has 1 heterocycles. The number of nitrogen functional groups attached to an aromatic ring is 1. The predicted molar refractivity (Wildman–Crippen MR) is 76.1 cm³/mol. The number of nitrogens with zero attached hydrogens (tertiary/aromatic N) is 3. The molecule has 4 N–H and O–H groups in total. The first-order valence-corrected chi connectivity index (χ1v) is 6.74. The van der Waals surface area contributed by atoms with Gasteiger partial charge >= 0.3 is 5.69 Å². The van der Waals surface area contributed by atoms with E-state index < -0.39 is 4.92 Å². The number of hydrogen-bond acceptors (Lipinski definition) is 7. The highest BCUT2D eigenvalue weighted by Crippen LogP contribution is 2.32. The summed E-state index contributed by atoms with van der Waals surface area (Å²) in [5.41, 5.74) is 2.17. The summed E-state index contributed by atoms with van der Waals surface area (Å²) in [6, 6.07) is 0.188. The van der Waals surface area contributed by atoms with Crippen LogP contribution in [0.25, 0.3) is 0 Å². The van der Waals surface area contributed by atoms with Crippen LogP contribution in [0.4, 0.5) is 17.5 Å². The van der Waals surface area contributed by atoms with Crippen LogP contribution in [-0.2, 0) is 0 Å². The van der Waals surface area contributed by atoms with Crippen molar-refractivity contribution in [1.29, 1.82) is 0 Å². The van der Waals surface area contributed by atoms with E-state index in [4.69, 9.17) is 5.84 Å². The zero-order valence-electron chi connectivity index (χ0n) is 11.7. The third-order valence-corrected chi connectivity index (χ3v) is 3.61. The van der Waals surface area contributed by atoms with Crippen LogP contribution in [0.3, 0.4) is 0 Å². The minimum atomic E-state index is -0.488. The van der Waals surface area contributed by atoms with Crippen LogP contribution in [0, 0.1) is 22.0 Å². The number of hydrazine groups is 1. The average molecular weight is 280 g/mol. The van der Waals surface area contributed by atoms with Gasteiger partial charge in [-0.2, -0.15) is 4.98 Å². The number of nitrogens with one attached hydrogen (secondary N) is 2. The summed E-state index contributed by atoms with van der Waals surface area (Å²) >= 11 is 0. The number of rotatable bonds is 4. The van der Waals surface area contributed by atoms with E-state index in [1.807, 2.05) is 0 Å². The van der Waals surface area contributed by atoms with Gasteiger partial charge in [0.05, 0.1) is 4.92 Å². The van der Waals surface area contributed by atoms with Crippen LogP contribution in [0.1, 0.15) is 33.1 Å². The molecule has 2 rings (SSSR count). The van der Waals surface area contributed by atoms with Crippen molar-refractivity contribution in [2.24, 2.45) is 17.7 Å². The Labute approximate surface area is 117 Å². The van der Waals surface area contributed by atoms with Crippen LogP contribution < -0.4 is 16.6 Å². The largest absolute Gasteiger partial charge is 0.361 e. The molecule has 8 heteroatoms. The first kappa shape index (κ1) is 14.4. The van der Waals surface area contributed by atoms with Gasteiger partial charge in [0.15, 0.2) is 0 Å². The molecular weight excluding hydrogens is 260 g/mol. The van der Waals surface area contributed by atoms with E-state index >= 15 is 0 Å². The molecule has 1 fully saturated rings. The lowest BCUT2D eigenvalue weighted by Crippen LogP contribution is -2.31. The number of aromatic nitrogens is 2. The number of hydrogen-bond donors (Lipinski definition) is 3. The van der Waals surface area contributed by atoms with E-state index in [9.17, 15) is 10.1 Å². The normalized spacial score (nSPS) is 26.1. The molecule has 0 spiro atoms. The second kappa shape index (κ2) is 6.00. The van der Waals surface area contributed by atoms with Crippen LogP contribution in [0.5, 0.6) is 0 Å². The maximum absolute atomic E-state index is 11.0. The van der Waals surface area contributed by atoms with E-state index in [2.05, 4.69) is 34.6 Å². The van der Waals surface area contributed by atoms with Crippen molar-refractivity contribution in [1.82, 2.24) is 9.97 Å². The van der Waals surface area contributed by atoms with Gasteiger partial charge in [-0.3, -0.25) is 15.5 Å². The fourth-order valence-electron chi connectivity index (χ4n) is 2.94. The lowest BCUT2D eigenvalue weighted by atomic mass is 9.80. The Morgan fingerprint density at radius 1 is 1.35 bits per heavy atom. The van der Waals surface area contributed by atoms with Gasteiger partial charge < -0.3 is 5.32 Å². The van der Waals surface area contributed by atoms with Crippen molar-refractivity contribution in [2.45, 2.75) is 39.2 Å². The molecule has 2 atom stereocenters. The minimum absolute atomic E-state index is 0.130. The molecule has 0 aliphatic heterocycles. The van der Waals surface area contributed by atoms with Gasteiger partial charge in [0, 0.05) is 6.04 Å². The standard InChI is InChI=1S/C12H20N6O2/c1-7-3-8(2)5-9(4-7)15-11-10(18(19)20)6-14-12(16-11)17-13/h6-9H,3-5,13H2,1-2H3,(H2,14,15,16,17). The maximum atomic E-state index is 11.0. The molecule has 2 unspecified atom stereocenters. The Balaban J connectivity index is 2.20. The highest BCUT2D eigenvalue weighted by Gasteiger charge is 2.27. The molecule has 110 valence electrons. The third kappa shape index (κ3) is 3.32. The zero-order valence-corrected chi connectivity index (χ0v) is 11.7. The van der Waals surface area contributed by atoms with Crippen LogP contribution >= 0.6 is 0 Å². The van der Waals surface area contributed by atoms with Crippen molar-refractivity contribution in [2.75, 3.05) is 10.7 Å². The van der Waals surface area contributed by atoms with Gasteiger partial charge in [-0.1, -0.05) is 13.8 Å². The molecule has 0 radical (unpaired) electrons. The Morgan fingerprint density at radius 2 is 2.00 bits per heavy atom. The lowest BCUT2D eigenvalue weighted by Gasteiger charge is -2.32. The van der Waals surface area contributed by atoms with E-state index in [-0.39, 0.29) is 23.5 Å². The Hall–Kier alpha value is -1.96. The van der Waals surface area contributed by atoms with Crippen LogP contribution in [0.2, 0.25) is 0 Å². The Bertz CT molecular complexity index is 485. The van der Waals surface area contributed by atoms with Crippen molar-refractivity contribution < 1.29 is 4.92 Å². The summed E-state index contributed by atoms with van der Waals surface area (Å²) in [6.45, 7) is 4.40. The van der Waals surface area contributed by atoms with Gasteiger partial charge in [-0.05, 0) is 31.1 Å². The molecule has 1 aliphatic carbocycles. The smallest absolute Gasteiger partial charge is 0.329 e. The van der Waals surface area contributed by atoms with E-state index in [1.165, 1.54) is 12.6 Å². The summed E-state index contributed by atoms with van der Waals surface area (Å²) in [6.07, 6.45) is 4.33. The third-order valence-electron chi connectivity index (χ3n) is 3.61. The van der Waals surface area contributed by atoms with Gasteiger partial charge in [0.1, 0.15) is 6.20 Å². The molecule has 0 bridgehead atoms. The monoisotopic (exact) mass is 280 g/mol. The number of anilines is 2. The minimum Gasteiger partial charge on any atom is -0.361 e. The zero-order chi connectivity index (χ0) is 14.7. The molecular formula is C12H20N6O2. The molecule has 1 aromatic heterocycles. The first-order valence-electron chi connectivity index (χ1n) is 6.74. The molecule has 1 aliphatic rings. The molecule has 1 saturated carbocycles. The molecule has 20 heavy (non-hydrogen) atoms. The summed E-state index contributed by atoms with van der Waals surface area (Å²) in [5.74, 6) is 6.84. The second-order valence-electron chi connectivity index (χ2n) is 5.59. The number of nitrogens with two attached hydrogens (primary N) is 1. The molecule has 0 aromatic carbocycles. The Kier molecular flexibility index (Phi) is 4.33. The topological polar surface area (TPSA) is 119 Å². The van der Waals surface area contributed by atoms with Crippen LogP contribution in [0.15, 0.2) is 6.20 Å². The molecule has 8 nitrogen and oxygen atoms in total. The average Bonchev–Trinajstić information content (AvgIpc) is 2.37. The van der Waals surface area contributed by atoms with Gasteiger partial charge in [-0.25, -0.2) is 10.8 Å². The molecule has 0 saturated heterocycles. The SMILES string of the molecule is CC1CC(C)CC(Nc2nc(NN)ncc2[N+](=O)[O-])C1. The highest BCUT2D eigenvalue weighted by molar-refractivity contribution is 5.57. The van der Waals surface area contributed by atoms with Gasteiger partial charge in [-0.15, -0.1) is 0 Å². The van der Waals surface area contributed by atoms with Crippen molar-refractivity contribution in [3.8, 4) is 0 Å². The van der Waals surface area contributed by atoms with Gasteiger partial charge in [0.2, 0.25) is 11.8 Å². The fraction of sp³-hybridized carbons (Fsp3) is 0.667. The van der Waals surface area contributed by atoms with E-state index in [0.29, 0.717) is 11.8 Å². The summed E-state index contributed by atoms with van der Waals surface area (Å²) < 4.78 is 0. The van der Waals surface area contributed by atoms with Crippen LogP contribution in [-0.4, -0.2) is 20.9 Å². The molecule has 0 amide bonds. The second-order valence-corrected chi connectivity index (χ2v) is 5.59. The first-order chi connectivity index (χ1) is 9.49.